The highest BCUT2D eigenvalue weighted by molar-refractivity contribution is 7.18. The molecule has 124 valence electrons. The lowest BCUT2D eigenvalue weighted by Crippen LogP contribution is -2.08. The van der Waals surface area contributed by atoms with Gasteiger partial charge in [-0.3, -0.25) is 0 Å². The molecule has 2 heterocycles. The van der Waals surface area contributed by atoms with Gasteiger partial charge in [-0.25, -0.2) is 4.98 Å². The molecular weight excluding hydrogens is 316 g/mol. The highest BCUT2D eigenvalue weighted by Crippen LogP contribution is 2.41. The topological polar surface area (TPSA) is 35.0 Å². The van der Waals surface area contributed by atoms with Crippen molar-refractivity contribution >= 4 is 21.6 Å². The minimum absolute atomic E-state index is 0.716. The summed E-state index contributed by atoms with van der Waals surface area (Å²) in [4.78, 5) is 11.8. The first-order valence-electron chi connectivity index (χ1n) is 8.55. The van der Waals surface area contributed by atoms with Crippen LogP contribution in [0.2, 0.25) is 0 Å². The quantitative estimate of drug-likeness (QED) is 0.616. The molecule has 0 N–H and O–H groups in total. The molecule has 3 aromatic rings. The lowest BCUT2D eigenvalue weighted by molar-refractivity contribution is 0.464. The fourth-order valence-corrected chi connectivity index (χ4v) is 4.79. The Bertz CT molecular complexity index is 929. The van der Waals surface area contributed by atoms with Crippen molar-refractivity contribution in [3.05, 3.63) is 45.6 Å². The van der Waals surface area contributed by atoms with Gasteiger partial charge in [0.05, 0.1) is 5.39 Å². The third-order valence-corrected chi connectivity index (χ3v) is 6.07. The Morgan fingerprint density at radius 2 is 1.96 bits per heavy atom. The van der Waals surface area contributed by atoms with E-state index in [1.165, 1.54) is 28.0 Å². The van der Waals surface area contributed by atoms with Crippen LogP contribution in [0.3, 0.4) is 0 Å². The smallest absolute Gasteiger partial charge is 0.231 e. The second-order valence-electron chi connectivity index (χ2n) is 6.96. The maximum absolute atomic E-state index is 6.22. The summed E-state index contributed by atoms with van der Waals surface area (Å²) in [6.45, 7) is 8.49. The van der Waals surface area contributed by atoms with Gasteiger partial charge in [-0.2, -0.15) is 4.98 Å². The maximum Gasteiger partial charge on any atom is 0.231 e. The molecule has 2 aromatic heterocycles. The van der Waals surface area contributed by atoms with E-state index in [-0.39, 0.29) is 0 Å². The molecular formula is C20H22N2OS. The average Bonchev–Trinajstić information content (AvgIpc) is 2.87. The Kier molecular flexibility index (Phi) is 3.80. The van der Waals surface area contributed by atoms with E-state index in [9.17, 15) is 0 Å². The number of hydrogen-bond acceptors (Lipinski definition) is 4. The van der Waals surface area contributed by atoms with Crippen LogP contribution in [0.1, 0.15) is 40.7 Å². The summed E-state index contributed by atoms with van der Waals surface area (Å²) in [5, 5.41) is 1.13. The first-order chi connectivity index (χ1) is 11.5. The molecule has 0 amide bonds. The Balaban J connectivity index is 1.83. The fraction of sp³-hybridized carbons (Fsp3) is 0.400. The van der Waals surface area contributed by atoms with Crippen molar-refractivity contribution in [2.45, 2.75) is 47.0 Å². The molecule has 1 aromatic carbocycles. The fourth-order valence-electron chi connectivity index (χ4n) is 3.37. The molecule has 1 atom stereocenters. The summed E-state index contributed by atoms with van der Waals surface area (Å²) in [6, 6.07) is 6.20. The Labute approximate surface area is 146 Å². The lowest BCUT2D eigenvalue weighted by atomic mass is 9.89. The minimum Gasteiger partial charge on any atom is -0.438 e. The highest BCUT2D eigenvalue weighted by atomic mass is 32.1. The minimum atomic E-state index is 0.716. The molecule has 4 rings (SSSR count). The number of rotatable bonds is 2. The normalized spacial score (nSPS) is 17.1. The molecule has 0 bridgehead atoms. The van der Waals surface area contributed by atoms with E-state index in [2.05, 4.69) is 42.9 Å². The molecule has 1 unspecified atom stereocenters. The molecule has 0 fully saturated rings. The van der Waals surface area contributed by atoms with E-state index in [1.54, 1.807) is 0 Å². The average molecular weight is 338 g/mol. The largest absolute Gasteiger partial charge is 0.438 e. The van der Waals surface area contributed by atoms with Crippen molar-refractivity contribution in [3.8, 4) is 11.6 Å². The molecule has 0 radical (unpaired) electrons. The van der Waals surface area contributed by atoms with E-state index in [0.29, 0.717) is 5.88 Å². The first kappa shape index (κ1) is 15.6. The molecule has 24 heavy (non-hydrogen) atoms. The van der Waals surface area contributed by atoms with Crippen LogP contribution in [-0.2, 0) is 12.8 Å². The van der Waals surface area contributed by atoms with Crippen LogP contribution in [0.15, 0.2) is 18.2 Å². The number of nitrogens with zero attached hydrogens (tertiary/aromatic N) is 2. The van der Waals surface area contributed by atoms with Crippen LogP contribution >= 0.6 is 11.3 Å². The number of fused-ring (bicyclic) bond motifs is 3. The first-order valence-corrected chi connectivity index (χ1v) is 9.37. The highest BCUT2D eigenvalue weighted by Gasteiger charge is 2.24. The summed E-state index contributed by atoms with van der Waals surface area (Å²) in [5.41, 5.74) is 3.91. The van der Waals surface area contributed by atoms with Gasteiger partial charge < -0.3 is 4.74 Å². The van der Waals surface area contributed by atoms with Crippen LogP contribution in [0.5, 0.6) is 11.6 Å². The van der Waals surface area contributed by atoms with Crippen molar-refractivity contribution in [1.82, 2.24) is 9.97 Å². The zero-order chi connectivity index (χ0) is 16.8. The molecule has 0 saturated carbocycles. The second-order valence-corrected chi connectivity index (χ2v) is 8.04. The van der Waals surface area contributed by atoms with E-state index in [0.717, 1.165) is 40.6 Å². The standard InChI is InChI=1S/C20H22N2OS/c1-11-5-8-16-17(9-11)24-20-18(16)19(21-14(4)22-20)23-15-7-6-12(2)13(3)10-15/h6-7,10-11H,5,8-9H2,1-4H3. The van der Waals surface area contributed by atoms with E-state index >= 15 is 0 Å². The zero-order valence-corrected chi connectivity index (χ0v) is 15.5. The number of hydrogen-bond donors (Lipinski definition) is 0. The second kappa shape index (κ2) is 5.85. The van der Waals surface area contributed by atoms with Crippen LogP contribution in [0.4, 0.5) is 0 Å². The lowest BCUT2D eigenvalue weighted by Gasteiger charge is -2.18. The van der Waals surface area contributed by atoms with Crippen molar-refractivity contribution < 1.29 is 4.74 Å². The van der Waals surface area contributed by atoms with E-state index < -0.39 is 0 Å². The number of benzene rings is 1. The summed E-state index contributed by atoms with van der Waals surface area (Å²) in [5.74, 6) is 3.09. The van der Waals surface area contributed by atoms with Crippen molar-refractivity contribution in [2.24, 2.45) is 5.92 Å². The molecule has 1 aliphatic carbocycles. The number of thiophene rings is 1. The number of aromatic nitrogens is 2. The van der Waals surface area contributed by atoms with E-state index in [1.807, 2.05) is 24.3 Å². The molecule has 0 aliphatic heterocycles. The van der Waals surface area contributed by atoms with Crippen LogP contribution in [0, 0.1) is 26.7 Å². The van der Waals surface area contributed by atoms with Gasteiger partial charge in [-0.1, -0.05) is 13.0 Å². The van der Waals surface area contributed by atoms with E-state index in [4.69, 9.17) is 4.74 Å². The summed E-state index contributed by atoms with van der Waals surface area (Å²) >= 11 is 1.82. The molecule has 4 heteroatoms. The Morgan fingerprint density at radius 1 is 1.12 bits per heavy atom. The summed E-state index contributed by atoms with van der Waals surface area (Å²) in [6.07, 6.45) is 3.49. The van der Waals surface area contributed by atoms with Gasteiger partial charge in [-0.05, 0) is 74.8 Å². The van der Waals surface area contributed by atoms with Gasteiger partial charge in [0, 0.05) is 4.88 Å². The predicted octanol–water partition coefficient (Wildman–Crippen LogP) is 5.53. The van der Waals surface area contributed by atoms with Gasteiger partial charge in [-0.15, -0.1) is 11.3 Å². The third-order valence-electron chi connectivity index (χ3n) is 4.93. The van der Waals surface area contributed by atoms with Gasteiger partial charge in [0.25, 0.3) is 0 Å². The third kappa shape index (κ3) is 2.69. The number of ether oxygens (including phenoxy) is 1. The Morgan fingerprint density at radius 3 is 2.75 bits per heavy atom. The Hall–Kier alpha value is -1.94. The molecule has 0 saturated heterocycles. The van der Waals surface area contributed by atoms with Crippen molar-refractivity contribution in [3.63, 3.8) is 0 Å². The van der Waals surface area contributed by atoms with Gasteiger partial charge in [0.2, 0.25) is 5.88 Å². The van der Waals surface area contributed by atoms with Crippen molar-refractivity contribution in [2.75, 3.05) is 0 Å². The number of aryl methyl sites for hydroxylation is 4. The predicted molar refractivity (Wildman–Crippen MR) is 99.3 cm³/mol. The zero-order valence-electron chi connectivity index (χ0n) is 14.6. The van der Waals surface area contributed by atoms with Gasteiger partial charge in [0.15, 0.2) is 0 Å². The SMILES string of the molecule is Cc1nc(Oc2ccc(C)c(C)c2)c2c3c(sc2n1)CC(C)CC3. The molecule has 3 nitrogen and oxygen atoms in total. The summed E-state index contributed by atoms with van der Waals surface area (Å²) in [7, 11) is 0. The molecule has 0 spiro atoms. The molecule has 1 aliphatic rings. The van der Waals surface area contributed by atoms with Gasteiger partial charge in [0.1, 0.15) is 16.4 Å². The summed E-state index contributed by atoms with van der Waals surface area (Å²) < 4.78 is 6.22. The van der Waals surface area contributed by atoms with Crippen LogP contribution in [-0.4, -0.2) is 9.97 Å². The monoisotopic (exact) mass is 338 g/mol. The van der Waals surface area contributed by atoms with Crippen LogP contribution < -0.4 is 4.74 Å². The van der Waals surface area contributed by atoms with Crippen molar-refractivity contribution in [1.29, 1.82) is 0 Å². The van der Waals surface area contributed by atoms with Gasteiger partial charge >= 0.3 is 0 Å². The van der Waals surface area contributed by atoms with Crippen LogP contribution in [0.25, 0.3) is 10.2 Å². The maximum atomic E-state index is 6.22.